The van der Waals surface area contributed by atoms with Crippen molar-refractivity contribution >= 4 is 0 Å². The van der Waals surface area contributed by atoms with E-state index >= 15 is 0 Å². The van der Waals surface area contributed by atoms with Gasteiger partial charge in [0, 0.05) is 38.8 Å². The number of hydrogen-bond acceptors (Lipinski definition) is 3. The van der Waals surface area contributed by atoms with Crippen molar-refractivity contribution in [2.45, 2.75) is 19.5 Å². The molecule has 1 unspecified atom stereocenters. The molecule has 0 amide bonds. The van der Waals surface area contributed by atoms with Crippen LogP contribution < -0.4 is 11.1 Å². The van der Waals surface area contributed by atoms with Gasteiger partial charge >= 0.3 is 0 Å². The summed E-state index contributed by atoms with van der Waals surface area (Å²) in [4.78, 5) is 2.47. The average Bonchev–Trinajstić information content (AvgIpc) is 2.33. The second-order valence-electron chi connectivity index (χ2n) is 4.55. The monoisotopic (exact) mass is 219 g/mol. The quantitative estimate of drug-likeness (QED) is 0.787. The Morgan fingerprint density at radius 2 is 2.12 bits per heavy atom. The third-order valence-corrected chi connectivity index (χ3v) is 3.25. The third-order valence-electron chi connectivity index (χ3n) is 3.25. The predicted octanol–water partition coefficient (Wildman–Crippen LogP) is 0.728. The summed E-state index contributed by atoms with van der Waals surface area (Å²) in [5.41, 5.74) is 8.49. The Hall–Kier alpha value is -0.900. The molecule has 1 aromatic rings. The molecule has 0 aromatic heterocycles. The molecule has 16 heavy (non-hydrogen) atoms. The molecule has 1 fully saturated rings. The van der Waals surface area contributed by atoms with Crippen LogP contribution in [-0.4, -0.2) is 37.1 Å². The first-order valence-electron chi connectivity index (χ1n) is 6.00. The first-order chi connectivity index (χ1) is 7.79. The van der Waals surface area contributed by atoms with Crippen LogP contribution in [0.3, 0.4) is 0 Å². The number of hydrogen-bond donors (Lipinski definition) is 2. The number of nitrogens with one attached hydrogen (secondary N) is 1. The number of nitrogens with two attached hydrogens (primary N) is 1. The number of benzene rings is 1. The van der Waals surface area contributed by atoms with Gasteiger partial charge in [0.25, 0.3) is 0 Å². The molecule has 2 rings (SSSR count). The Kier molecular flexibility index (Phi) is 3.93. The number of nitrogens with zero attached hydrogens (tertiary/aromatic N) is 1. The lowest BCUT2D eigenvalue weighted by Crippen LogP contribution is -2.53. The smallest absolute Gasteiger partial charge is 0.0347 e. The summed E-state index contributed by atoms with van der Waals surface area (Å²) >= 11 is 0. The molecule has 1 aromatic carbocycles. The summed E-state index contributed by atoms with van der Waals surface area (Å²) in [6.45, 7) is 7.06. The van der Waals surface area contributed by atoms with Gasteiger partial charge in [-0.3, -0.25) is 4.90 Å². The fourth-order valence-electron chi connectivity index (χ4n) is 2.17. The summed E-state index contributed by atoms with van der Waals surface area (Å²) in [6, 6.07) is 9.26. The molecule has 1 atom stereocenters. The topological polar surface area (TPSA) is 41.3 Å². The van der Waals surface area contributed by atoms with Crippen LogP contribution in [0.15, 0.2) is 24.3 Å². The van der Waals surface area contributed by atoms with Crippen molar-refractivity contribution in [2.24, 2.45) is 5.73 Å². The van der Waals surface area contributed by atoms with Crippen molar-refractivity contribution in [3.05, 3.63) is 35.4 Å². The SMILES string of the molecule is Cc1ccc(CN2CCNCC2CN)cc1. The Bertz CT molecular complexity index is 320. The lowest BCUT2D eigenvalue weighted by Gasteiger charge is -2.35. The molecule has 1 aliphatic heterocycles. The highest BCUT2D eigenvalue weighted by molar-refractivity contribution is 5.21. The van der Waals surface area contributed by atoms with Crippen molar-refractivity contribution < 1.29 is 0 Å². The highest BCUT2D eigenvalue weighted by Crippen LogP contribution is 2.10. The van der Waals surface area contributed by atoms with E-state index in [2.05, 4.69) is 41.4 Å². The summed E-state index contributed by atoms with van der Waals surface area (Å²) in [5.74, 6) is 0. The Morgan fingerprint density at radius 3 is 2.81 bits per heavy atom. The van der Waals surface area contributed by atoms with Gasteiger partial charge in [-0.15, -0.1) is 0 Å². The van der Waals surface area contributed by atoms with Gasteiger partial charge in [-0.2, -0.15) is 0 Å². The van der Waals surface area contributed by atoms with Crippen LogP contribution in [0.1, 0.15) is 11.1 Å². The van der Waals surface area contributed by atoms with Crippen LogP contribution >= 0.6 is 0 Å². The first kappa shape index (κ1) is 11.6. The van der Waals surface area contributed by atoms with Crippen LogP contribution in [0.4, 0.5) is 0 Å². The second-order valence-corrected chi connectivity index (χ2v) is 4.55. The van der Waals surface area contributed by atoms with Crippen molar-refractivity contribution in [3.8, 4) is 0 Å². The molecule has 0 spiro atoms. The van der Waals surface area contributed by atoms with E-state index in [0.29, 0.717) is 6.04 Å². The molecule has 0 aliphatic carbocycles. The van der Waals surface area contributed by atoms with Crippen molar-refractivity contribution in [1.82, 2.24) is 10.2 Å². The van der Waals surface area contributed by atoms with Gasteiger partial charge in [-0.1, -0.05) is 29.8 Å². The van der Waals surface area contributed by atoms with Crippen LogP contribution in [0.2, 0.25) is 0 Å². The third kappa shape index (κ3) is 2.82. The predicted molar refractivity (Wildman–Crippen MR) is 67.3 cm³/mol. The molecule has 3 N–H and O–H groups in total. The van der Waals surface area contributed by atoms with Gasteiger partial charge in [0.15, 0.2) is 0 Å². The molecule has 0 saturated carbocycles. The average molecular weight is 219 g/mol. The minimum absolute atomic E-state index is 0.482. The van der Waals surface area contributed by atoms with E-state index in [0.717, 1.165) is 32.7 Å². The van der Waals surface area contributed by atoms with Crippen LogP contribution in [-0.2, 0) is 6.54 Å². The molecular formula is C13H21N3. The Labute approximate surface area is 97.6 Å². The highest BCUT2D eigenvalue weighted by Gasteiger charge is 2.20. The van der Waals surface area contributed by atoms with Crippen molar-refractivity contribution in [3.63, 3.8) is 0 Å². The number of rotatable bonds is 3. The van der Waals surface area contributed by atoms with E-state index < -0.39 is 0 Å². The van der Waals surface area contributed by atoms with Gasteiger partial charge in [-0.25, -0.2) is 0 Å². The van der Waals surface area contributed by atoms with E-state index in [1.165, 1.54) is 11.1 Å². The lowest BCUT2D eigenvalue weighted by molar-refractivity contribution is 0.158. The van der Waals surface area contributed by atoms with Gasteiger partial charge in [-0.05, 0) is 12.5 Å². The van der Waals surface area contributed by atoms with Crippen molar-refractivity contribution in [1.29, 1.82) is 0 Å². The molecule has 1 aliphatic rings. The van der Waals surface area contributed by atoms with E-state index in [1.807, 2.05) is 0 Å². The van der Waals surface area contributed by atoms with E-state index in [-0.39, 0.29) is 0 Å². The fourth-order valence-corrected chi connectivity index (χ4v) is 2.17. The maximum Gasteiger partial charge on any atom is 0.0347 e. The highest BCUT2D eigenvalue weighted by atomic mass is 15.2. The van der Waals surface area contributed by atoms with Gasteiger partial charge in [0.1, 0.15) is 0 Å². The fraction of sp³-hybridized carbons (Fsp3) is 0.538. The number of aryl methyl sites for hydroxylation is 1. The maximum atomic E-state index is 5.79. The normalized spacial score (nSPS) is 22.2. The first-order valence-corrected chi connectivity index (χ1v) is 6.00. The maximum absolute atomic E-state index is 5.79. The summed E-state index contributed by atoms with van der Waals surface area (Å²) in [5, 5.41) is 3.39. The van der Waals surface area contributed by atoms with Gasteiger partial charge < -0.3 is 11.1 Å². The lowest BCUT2D eigenvalue weighted by atomic mass is 10.1. The molecular weight excluding hydrogens is 198 g/mol. The summed E-state index contributed by atoms with van der Waals surface area (Å²) < 4.78 is 0. The van der Waals surface area contributed by atoms with Crippen molar-refractivity contribution in [2.75, 3.05) is 26.2 Å². The molecule has 3 nitrogen and oxygen atoms in total. The van der Waals surface area contributed by atoms with Crippen LogP contribution in [0.5, 0.6) is 0 Å². The standard InChI is InChI=1S/C13H21N3/c1-11-2-4-12(5-3-11)10-16-7-6-15-9-13(16)8-14/h2-5,13,15H,6-10,14H2,1H3. The van der Waals surface area contributed by atoms with Gasteiger partial charge in [0.05, 0.1) is 0 Å². The minimum Gasteiger partial charge on any atom is -0.329 e. The zero-order chi connectivity index (χ0) is 11.4. The zero-order valence-electron chi connectivity index (χ0n) is 9.95. The van der Waals surface area contributed by atoms with E-state index in [1.54, 1.807) is 0 Å². The number of piperazine rings is 1. The van der Waals surface area contributed by atoms with Crippen LogP contribution in [0, 0.1) is 6.92 Å². The molecule has 0 radical (unpaired) electrons. The largest absolute Gasteiger partial charge is 0.329 e. The summed E-state index contributed by atoms with van der Waals surface area (Å²) in [6.07, 6.45) is 0. The second kappa shape index (κ2) is 5.43. The molecule has 88 valence electrons. The van der Waals surface area contributed by atoms with Gasteiger partial charge in [0.2, 0.25) is 0 Å². The summed E-state index contributed by atoms with van der Waals surface area (Å²) in [7, 11) is 0. The minimum atomic E-state index is 0.482. The Balaban J connectivity index is 1.99. The zero-order valence-corrected chi connectivity index (χ0v) is 9.95. The molecule has 3 heteroatoms. The van der Waals surface area contributed by atoms with E-state index in [4.69, 9.17) is 5.73 Å². The molecule has 1 heterocycles. The van der Waals surface area contributed by atoms with Crippen LogP contribution in [0.25, 0.3) is 0 Å². The van der Waals surface area contributed by atoms with E-state index in [9.17, 15) is 0 Å². The molecule has 0 bridgehead atoms. The Morgan fingerprint density at radius 1 is 1.38 bits per heavy atom. The molecule has 1 saturated heterocycles.